The van der Waals surface area contributed by atoms with Crippen LogP contribution in [-0.4, -0.2) is 16.9 Å². The second-order valence-corrected chi connectivity index (χ2v) is 7.49. The molecule has 0 amide bonds. The molecule has 0 atom stereocenters. The van der Waals surface area contributed by atoms with E-state index in [2.05, 4.69) is 53.6 Å². The van der Waals surface area contributed by atoms with Crippen LogP contribution in [0.1, 0.15) is 46.2 Å². The number of benzene rings is 2. The maximum atomic E-state index is 13.2. The van der Waals surface area contributed by atoms with Crippen LogP contribution in [0.15, 0.2) is 66.7 Å². The average Bonchev–Trinajstić information content (AvgIpc) is 3.47. The molecule has 0 N–H and O–H groups in total. The predicted octanol–water partition coefficient (Wildman–Crippen LogP) is 5.33. The number of carbonyl (C=O) groups is 1. The van der Waals surface area contributed by atoms with Crippen LogP contribution in [0.4, 0.5) is 5.69 Å². The smallest absolute Gasteiger partial charge is 0.183 e. The molecule has 2 aromatic carbocycles. The van der Waals surface area contributed by atoms with Crippen molar-refractivity contribution in [3.05, 3.63) is 89.2 Å². The summed E-state index contributed by atoms with van der Waals surface area (Å²) in [5.41, 5.74) is 5.47. The molecule has 27 heavy (non-hydrogen) atoms. The first-order valence-corrected chi connectivity index (χ1v) is 9.69. The van der Waals surface area contributed by atoms with E-state index in [9.17, 15) is 4.79 Å². The van der Waals surface area contributed by atoms with Gasteiger partial charge in [0.05, 0.1) is 6.54 Å². The lowest BCUT2D eigenvalue weighted by Crippen LogP contribution is -2.29. The Hall–Kier alpha value is -2.81. The fourth-order valence-electron chi connectivity index (χ4n) is 3.89. The molecule has 0 bridgehead atoms. The Morgan fingerprint density at radius 3 is 2.26 bits per heavy atom. The van der Waals surface area contributed by atoms with Crippen molar-refractivity contribution in [2.24, 2.45) is 0 Å². The van der Waals surface area contributed by atoms with Gasteiger partial charge in [-0.1, -0.05) is 48.5 Å². The summed E-state index contributed by atoms with van der Waals surface area (Å²) >= 11 is 0. The minimum absolute atomic E-state index is 0.190. The lowest BCUT2D eigenvalue weighted by Gasteiger charge is -2.24. The molecule has 1 aromatic heterocycles. The quantitative estimate of drug-likeness (QED) is 0.533. The molecule has 3 nitrogen and oxygen atoms in total. The van der Waals surface area contributed by atoms with E-state index in [0.29, 0.717) is 12.6 Å². The third-order valence-corrected chi connectivity index (χ3v) is 5.37. The zero-order chi connectivity index (χ0) is 18.8. The first-order valence-electron chi connectivity index (χ1n) is 9.69. The van der Waals surface area contributed by atoms with Crippen molar-refractivity contribution in [3.8, 4) is 0 Å². The summed E-state index contributed by atoms with van der Waals surface area (Å²) in [6, 6.07) is 23.2. The van der Waals surface area contributed by atoms with Crippen LogP contribution >= 0.6 is 0 Å². The highest BCUT2D eigenvalue weighted by molar-refractivity contribution is 6.00. The van der Waals surface area contributed by atoms with Gasteiger partial charge in [0.1, 0.15) is 0 Å². The standard InChI is InChI=1S/C24H26N2O/c1-18-15-23(19(2)26(18)22-13-14-22)24(27)17-25(21-11-7-4-8-12-21)16-20-9-5-3-6-10-20/h3-12,15,22H,13-14,16-17H2,1-2H3. The summed E-state index contributed by atoms with van der Waals surface area (Å²) in [4.78, 5) is 15.4. The zero-order valence-corrected chi connectivity index (χ0v) is 16.1. The fourth-order valence-corrected chi connectivity index (χ4v) is 3.89. The summed E-state index contributed by atoms with van der Waals surface area (Å²) in [5, 5.41) is 0. The van der Waals surface area contributed by atoms with Crippen LogP contribution in [-0.2, 0) is 6.54 Å². The third kappa shape index (κ3) is 3.82. The van der Waals surface area contributed by atoms with Crippen molar-refractivity contribution in [1.82, 2.24) is 4.57 Å². The molecule has 3 heteroatoms. The highest BCUT2D eigenvalue weighted by atomic mass is 16.1. The summed E-state index contributed by atoms with van der Waals surface area (Å²) in [6.07, 6.45) is 2.46. The lowest BCUT2D eigenvalue weighted by molar-refractivity contribution is 0.0998. The first-order chi connectivity index (χ1) is 13.1. The number of Topliss-reactive ketones (excluding diaryl/α,β-unsaturated/α-hetero) is 1. The van der Waals surface area contributed by atoms with E-state index in [1.54, 1.807) is 0 Å². The van der Waals surface area contributed by atoms with E-state index in [0.717, 1.165) is 23.5 Å². The number of rotatable bonds is 7. The normalized spacial score (nSPS) is 13.6. The van der Waals surface area contributed by atoms with Gasteiger partial charge in [-0.05, 0) is 50.5 Å². The third-order valence-electron chi connectivity index (χ3n) is 5.37. The van der Waals surface area contributed by atoms with Gasteiger partial charge in [-0.15, -0.1) is 0 Å². The van der Waals surface area contributed by atoms with Gasteiger partial charge in [0.2, 0.25) is 0 Å². The summed E-state index contributed by atoms with van der Waals surface area (Å²) in [5.74, 6) is 0.190. The Kier molecular flexibility index (Phi) is 4.85. The Morgan fingerprint density at radius 1 is 1.00 bits per heavy atom. The molecule has 1 aliphatic carbocycles. The molecule has 3 aromatic rings. The molecule has 0 radical (unpaired) electrons. The fraction of sp³-hybridized carbons (Fsp3) is 0.292. The topological polar surface area (TPSA) is 25.2 Å². The molecule has 0 spiro atoms. The SMILES string of the molecule is Cc1cc(C(=O)CN(Cc2ccccc2)c2ccccc2)c(C)n1C1CC1. The maximum absolute atomic E-state index is 13.2. The molecule has 138 valence electrons. The number of para-hydroxylation sites is 1. The minimum Gasteiger partial charge on any atom is -0.359 e. The highest BCUT2D eigenvalue weighted by Gasteiger charge is 2.28. The van der Waals surface area contributed by atoms with E-state index < -0.39 is 0 Å². The molecule has 0 saturated heterocycles. The lowest BCUT2D eigenvalue weighted by atomic mass is 10.1. The Labute approximate surface area is 161 Å². The molecule has 0 unspecified atom stereocenters. The van der Waals surface area contributed by atoms with E-state index >= 15 is 0 Å². The van der Waals surface area contributed by atoms with E-state index in [-0.39, 0.29) is 5.78 Å². The average molecular weight is 358 g/mol. The number of hydrogen-bond acceptors (Lipinski definition) is 2. The molecule has 1 heterocycles. The molecule has 4 rings (SSSR count). The monoisotopic (exact) mass is 358 g/mol. The van der Waals surface area contributed by atoms with Crippen LogP contribution in [0.3, 0.4) is 0 Å². The van der Waals surface area contributed by atoms with Gasteiger partial charge in [-0.2, -0.15) is 0 Å². The van der Waals surface area contributed by atoms with Gasteiger partial charge in [-0.3, -0.25) is 4.79 Å². The van der Waals surface area contributed by atoms with Gasteiger partial charge >= 0.3 is 0 Å². The molecular formula is C24H26N2O. The number of carbonyl (C=O) groups excluding carboxylic acids is 1. The van der Waals surface area contributed by atoms with Crippen molar-refractivity contribution in [2.45, 2.75) is 39.3 Å². The number of hydrogen-bond donors (Lipinski definition) is 0. The van der Waals surface area contributed by atoms with Crippen molar-refractivity contribution < 1.29 is 4.79 Å². The molecular weight excluding hydrogens is 332 g/mol. The second-order valence-electron chi connectivity index (χ2n) is 7.49. The Balaban J connectivity index is 1.59. The second kappa shape index (κ2) is 7.43. The van der Waals surface area contributed by atoms with Gasteiger partial charge in [0.25, 0.3) is 0 Å². The summed E-state index contributed by atoms with van der Waals surface area (Å²) in [7, 11) is 0. The van der Waals surface area contributed by atoms with Crippen molar-refractivity contribution in [3.63, 3.8) is 0 Å². The van der Waals surface area contributed by atoms with E-state index in [1.807, 2.05) is 36.4 Å². The van der Waals surface area contributed by atoms with Crippen molar-refractivity contribution in [1.29, 1.82) is 0 Å². The number of ketones is 1. The van der Waals surface area contributed by atoms with Gasteiger partial charge in [0, 0.05) is 35.2 Å². The number of aryl methyl sites for hydroxylation is 1. The number of anilines is 1. The largest absolute Gasteiger partial charge is 0.359 e. The molecule has 1 saturated carbocycles. The number of aromatic nitrogens is 1. The zero-order valence-electron chi connectivity index (χ0n) is 16.1. The van der Waals surface area contributed by atoms with Crippen molar-refractivity contribution in [2.75, 3.05) is 11.4 Å². The minimum atomic E-state index is 0.190. The molecule has 1 aliphatic rings. The van der Waals surface area contributed by atoms with Crippen LogP contribution in [0.2, 0.25) is 0 Å². The predicted molar refractivity (Wildman–Crippen MR) is 110 cm³/mol. The highest BCUT2D eigenvalue weighted by Crippen LogP contribution is 2.38. The Morgan fingerprint density at radius 2 is 1.63 bits per heavy atom. The Bertz CT molecular complexity index is 924. The maximum Gasteiger partial charge on any atom is 0.183 e. The van der Waals surface area contributed by atoms with Crippen LogP contribution < -0.4 is 4.90 Å². The number of nitrogens with zero attached hydrogens (tertiary/aromatic N) is 2. The molecule has 1 fully saturated rings. The summed E-state index contributed by atoms with van der Waals surface area (Å²) < 4.78 is 2.34. The van der Waals surface area contributed by atoms with E-state index in [4.69, 9.17) is 0 Å². The first kappa shape index (κ1) is 17.6. The van der Waals surface area contributed by atoms with Gasteiger partial charge < -0.3 is 9.47 Å². The van der Waals surface area contributed by atoms with Crippen LogP contribution in [0.25, 0.3) is 0 Å². The van der Waals surface area contributed by atoms with Gasteiger partial charge in [-0.25, -0.2) is 0 Å². The molecule has 0 aliphatic heterocycles. The van der Waals surface area contributed by atoms with Gasteiger partial charge in [0.15, 0.2) is 5.78 Å². The van der Waals surface area contributed by atoms with E-state index in [1.165, 1.54) is 24.1 Å². The van der Waals surface area contributed by atoms with Crippen LogP contribution in [0.5, 0.6) is 0 Å². The van der Waals surface area contributed by atoms with Crippen LogP contribution in [0, 0.1) is 13.8 Å². The summed E-state index contributed by atoms with van der Waals surface area (Å²) in [6.45, 7) is 5.30. The van der Waals surface area contributed by atoms with Crippen molar-refractivity contribution >= 4 is 11.5 Å².